The second-order valence-corrected chi connectivity index (χ2v) is 4.82. The van der Waals surface area contributed by atoms with Gasteiger partial charge in [-0.3, -0.25) is 4.79 Å². The smallest absolute Gasteiger partial charge is 0.136 e. The van der Waals surface area contributed by atoms with Crippen LogP contribution in [0.3, 0.4) is 0 Å². The van der Waals surface area contributed by atoms with Crippen LogP contribution in [-0.4, -0.2) is 5.78 Å². The summed E-state index contributed by atoms with van der Waals surface area (Å²) in [5.74, 6) is 2.24. The number of ketones is 1. The van der Waals surface area contributed by atoms with Gasteiger partial charge >= 0.3 is 0 Å². The van der Waals surface area contributed by atoms with E-state index < -0.39 is 0 Å². The molecule has 3 fully saturated rings. The molecule has 0 unspecified atom stereocenters. The van der Waals surface area contributed by atoms with E-state index in [9.17, 15) is 4.79 Å². The van der Waals surface area contributed by atoms with Crippen LogP contribution in [-0.2, 0) is 4.79 Å². The monoisotopic (exact) mass is 152 g/mol. The first-order chi connectivity index (χ1) is 5.03. The van der Waals surface area contributed by atoms with Crippen LogP contribution >= 0.6 is 0 Å². The zero-order valence-electron chi connectivity index (χ0n) is 7.55. The maximum atomic E-state index is 11.3. The number of hydrogen-bond donors (Lipinski definition) is 0. The van der Waals surface area contributed by atoms with Gasteiger partial charge in [0.15, 0.2) is 0 Å². The van der Waals surface area contributed by atoms with Gasteiger partial charge in [0.1, 0.15) is 5.78 Å². The molecule has 0 spiro atoms. The SMILES string of the molecule is C[C@H]1C(=O)C[C@H]2C[C@@H]1C2(C)C. The number of fused-ring (bicyclic) bond motifs is 2. The molecule has 0 N–H and O–H groups in total. The minimum absolute atomic E-state index is 0.343. The Bertz CT molecular complexity index is 205. The number of hydrogen-bond acceptors (Lipinski definition) is 1. The van der Waals surface area contributed by atoms with E-state index in [4.69, 9.17) is 0 Å². The van der Waals surface area contributed by atoms with Gasteiger partial charge in [-0.25, -0.2) is 0 Å². The van der Waals surface area contributed by atoms with E-state index in [0.717, 1.165) is 6.42 Å². The fourth-order valence-corrected chi connectivity index (χ4v) is 2.90. The molecule has 3 atom stereocenters. The van der Waals surface area contributed by atoms with Crippen LogP contribution in [0.25, 0.3) is 0 Å². The van der Waals surface area contributed by atoms with Gasteiger partial charge < -0.3 is 0 Å². The molecule has 0 amide bonds. The second kappa shape index (κ2) is 1.88. The topological polar surface area (TPSA) is 17.1 Å². The third kappa shape index (κ3) is 0.743. The molecule has 0 heterocycles. The van der Waals surface area contributed by atoms with Gasteiger partial charge in [0.2, 0.25) is 0 Å². The van der Waals surface area contributed by atoms with Crippen LogP contribution < -0.4 is 0 Å². The standard InChI is InChI=1S/C10H16O/c1-6-8-4-7(5-9(6)11)10(8,2)3/h6-8H,4-5H2,1-3H3/t6-,7-,8+/m1/s1. The van der Waals surface area contributed by atoms with E-state index in [1.165, 1.54) is 6.42 Å². The summed E-state index contributed by atoms with van der Waals surface area (Å²) in [5.41, 5.74) is 0.466. The van der Waals surface area contributed by atoms with Crippen LogP contribution in [0.2, 0.25) is 0 Å². The quantitative estimate of drug-likeness (QED) is 0.520. The number of carbonyl (C=O) groups is 1. The maximum absolute atomic E-state index is 11.3. The van der Waals surface area contributed by atoms with Crippen molar-refractivity contribution >= 4 is 5.78 Å². The summed E-state index contributed by atoms with van der Waals surface area (Å²) in [4.78, 5) is 11.3. The van der Waals surface area contributed by atoms with Crippen molar-refractivity contribution in [2.45, 2.75) is 33.6 Å². The van der Waals surface area contributed by atoms with Crippen molar-refractivity contribution in [1.29, 1.82) is 0 Å². The predicted octanol–water partition coefficient (Wildman–Crippen LogP) is 2.26. The molecule has 3 rings (SSSR count). The fraction of sp³-hybridized carbons (Fsp3) is 0.900. The van der Waals surface area contributed by atoms with Crippen molar-refractivity contribution in [3.05, 3.63) is 0 Å². The van der Waals surface area contributed by atoms with Gasteiger partial charge in [-0.15, -0.1) is 0 Å². The Labute approximate surface area is 68.2 Å². The highest BCUT2D eigenvalue weighted by Crippen LogP contribution is 2.59. The summed E-state index contributed by atoms with van der Waals surface area (Å²) >= 11 is 0. The fourth-order valence-electron chi connectivity index (χ4n) is 2.90. The van der Waals surface area contributed by atoms with Gasteiger partial charge in [0.25, 0.3) is 0 Å². The van der Waals surface area contributed by atoms with Crippen molar-refractivity contribution < 1.29 is 4.79 Å². The first kappa shape index (κ1) is 7.33. The lowest BCUT2D eigenvalue weighted by Gasteiger charge is -2.58. The molecule has 3 aliphatic carbocycles. The summed E-state index contributed by atoms with van der Waals surface area (Å²) in [6, 6.07) is 0. The average Bonchev–Trinajstić information content (AvgIpc) is 1.93. The Kier molecular flexibility index (Phi) is 1.25. The molecule has 11 heavy (non-hydrogen) atoms. The molecule has 0 aromatic rings. The number of rotatable bonds is 0. The molecule has 3 aliphatic rings. The molecule has 1 heteroatoms. The van der Waals surface area contributed by atoms with Crippen LogP contribution in [0.4, 0.5) is 0 Å². The van der Waals surface area contributed by atoms with Crippen LogP contribution in [0.5, 0.6) is 0 Å². The molecular formula is C10H16O. The van der Waals surface area contributed by atoms with E-state index >= 15 is 0 Å². The predicted molar refractivity (Wildman–Crippen MR) is 44.2 cm³/mol. The normalized spacial score (nSPS) is 46.8. The summed E-state index contributed by atoms with van der Waals surface area (Å²) in [6.07, 6.45) is 2.16. The maximum Gasteiger partial charge on any atom is 0.136 e. The molecule has 1 nitrogen and oxygen atoms in total. The molecule has 2 bridgehead atoms. The van der Waals surface area contributed by atoms with Gasteiger partial charge in [0, 0.05) is 12.3 Å². The Hall–Kier alpha value is -0.330. The van der Waals surface area contributed by atoms with Gasteiger partial charge in [-0.2, -0.15) is 0 Å². The van der Waals surface area contributed by atoms with Crippen LogP contribution in [0.15, 0.2) is 0 Å². The van der Waals surface area contributed by atoms with Gasteiger partial charge in [0.05, 0.1) is 0 Å². The lowest BCUT2D eigenvalue weighted by Crippen LogP contribution is -2.55. The van der Waals surface area contributed by atoms with E-state index in [0.29, 0.717) is 29.0 Å². The van der Waals surface area contributed by atoms with Crippen molar-refractivity contribution in [2.24, 2.45) is 23.2 Å². The minimum Gasteiger partial charge on any atom is -0.299 e. The third-order valence-corrected chi connectivity index (χ3v) is 4.11. The van der Waals surface area contributed by atoms with Crippen molar-refractivity contribution in [3.8, 4) is 0 Å². The molecule has 0 radical (unpaired) electrons. The van der Waals surface area contributed by atoms with Crippen molar-refractivity contribution in [1.82, 2.24) is 0 Å². The molecule has 3 saturated carbocycles. The highest BCUT2D eigenvalue weighted by molar-refractivity contribution is 5.83. The molecule has 0 aromatic carbocycles. The molecule has 0 aliphatic heterocycles. The summed E-state index contributed by atoms with van der Waals surface area (Å²) in [6.45, 7) is 6.73. The van der Waals surface area contributed by atoms with Crippen molar-refractivity contribution in [2.75, 3.05) is 0 Å². The highest BCUT2D eigenvalue weighted by Gasteiger charge is 2.55. The second-order valence-electron chi connectivity index (χ2n) is 4.82. The zero-order valence-corrected chi connectivity index (χ0v) is 7.55. The van der Waals surface area contributed by atoms with Gasteiger partial charge in [-0.05, 0) is 23.7 Å². The average molecular weight is 152 g/mol. The molecular weight excluding hydrogens is 136 g/mol. The third-order valence-electron chi connectivity index (χ3n) is 4.11. The Morgan fingerprint density at radius 2 is 2.09 bits per heavy atom. The Morgan fingerprint density at radius 1 is 1.45 bits per heavy atom. The number of carbonyl (C=O) groups excluding carboxylic acids is 1. The number of Topliss-reactive ketones (excluding diaryl/α,β-unsaturated/α-hetero) is 1. The first-order valence-corrected chi connectivity index (χ1v) is 4.56. The van der Waals surface area contributed by atoms with Crippen LogP contribution in [0, 0.1) is 23.2 Å². The first-order valence-electron chi connectivity index (χ1n) is 4.56. The Balaban J connectivity index is 2.23. The van der Waals surface area contributed by atoms with E-state index in [1.807, 2.05) is 0 Å². The molecule has 0 aromatic heterocycles. The zero-order chi connectivity index (χ0) is 8.22. The largest absolute Gasteiger partial charge is 0.299 e. The highest BCUT2D eigenvalue weighted by atomic mass is 16.1. The van der Waals surface area contributed by atoms with Crippen molar-refractivity contribution in [3.63, 3.8) is 0 Å². The van der Waals surface area contributed by atoms with E-state index in [2.05, 4.69) is 20.8 Å². The van der Waals surface area contributed by atoms with Crippen LogP contribution in [0.1, 0.15) is 33.6 Å². The summed E-state index contributed by atoms with van der Waals surface area (Å²) in [5, 5.41) is 0. The molecule has 0 saturated heterocycles. The minimum atomic E-state index is 0.343. The summed E-state index contributed by atoms with van der Waals surface area (Å²) < 4.78 is 0. The lowest BCUT2D eigenvalue weighted by atomic mass is 9.45. The lowest BCUT2D eigenvalue weighted by molar-refractivity contribution is -0.152. The summed E-state index contributed by atoms with van der Waals surface area (Å²) in [7, 11) is 0. The van der Waals surface area contributed by atoms with E-state index in [-0.39, 0.29) is 0 Å². The van der Waals surface area contributed by atoms with E-state index in [1.54, 1.807) is 0 Å². The Morgan fingerprint density at radius 3 is 2.45 bits per heavy atom. The molecule has 62 valence electrons. The van der Waals surface area contributed by atoms with Gasteiger partial charge in [-0.1, -0.05) is 20.8 Å².